The Balaban J connectivity index is 1.93. The van der Waals surface area contributed by atoms with Crippen LogP contribution in [0.3, 0.4) is 0 Å². The maximum absolute atomic E-state index is 12.5. The first-order chi connectivity index (χ1) is 10.1. The second-order valence-electron chi connectivity index (χ2n) is 6.46. The van der Waals surface area contributed by atoms with Crippen molar-refractivity contribution in [2.75, 3.05) is 0 Å². The van der Waals surface area contributed by atoms with Crippen molar-refractivity contribution < 1.29 is 25.8 Å². The molecule has 0 N–H and O–H groups in total. The van der Waals surface area contributed by atoms with Gasteiger partial charge in [-0.15, -0.1) is 0 Å². The van der Waals surface area contributed by atoms with E-state index in [1.165, 1.54) is 12.1 Å². The third-order valence-electron chi connectivity index (χ3n) is 4.52. The lowest BCUT2D eigenvalue weighted by molar-refractivity contribution is -0.0500. The zero-order chi connectivity index (χ0) is 16.3. The number of hydrogen-bond acceptors (Lipinski definition) is 3. The highest BCUT2D eigenvalue weighted by molar-refractivity contribution is 7.88. The molecule has 2 fully saturated rings. The lowest BCUT2D eigenvalue weighted by atomic mass is 10.0. The van der Waals surface area contributed by atoms with Gasteiger partial charge < -0.3 is 4.18 Å². The number of rotatable bonds is 4. The Morgan fingerprint density at radius 2 is 1.41 bits per heavy atom. The fraction of sp³-hybridized carbons (Fsp3) is 0.600. The molecule has 0 spiro atoms. The van der Waals surface area contributed by atoms with Gasteiger partial charge >= 0.3 is 15.6 Å². The summed E-state index contributed by atoms with van der Waals surface area (Å²) >= 11 is 0. The molecule has 2 saturated carbocycles. The summed E-state index contributed by atoms with van der Waals surface area (Å²) in [7, 11) is -5.62. The zero-order valence-corrected chi connectivity index (χ0v) is 13.0. The van der Waals surface area contributed by atoms with Crippen molar-refractivity contribution in [1.29, 1.82) is 0 Å². The molecule has 0 saturated heterocycles. The van der Waals surface area contributed by atoms with E-state index in [1.54, 1.807) is 0 Å². The number of benzene rings is 1. The van der Waals surface area contributed by atoms with Crippen LogP contribution in [0.4, 0.5) is 13.2 Å². The molecule has 0 amide bonds. The van der Waals surface area contributed by atoms with E-state index in [1.807, 2.05) is 6.07 Å². The van der Waals surface area contributed by atoms with E-state index in [2.05, 4.69) is 18.0 Å². The molecular weight excluding hydrogens is 317 g/mol. The summed E-state index contributed by atoms with van der Waals surface area (Å²) in [5.74, 6) is 1.27. The van der Waals surface area contributed by atoms with Gasteiger partial charge in [0.25, 0.3) is 0 Å². The average Bonchev–Trinajstić information content (AvgIpc) is 3.26. The van der Waals surface area contributed by atoms with E-state index in [-0.39, 0.29) is 17.6 Å². The van der Waals surface area contributed by atoms with E-state index in [0.717, 1.165) is 24.0 Å². The molecule has 7 heteroatoms. The molecule has 0 heterocycles. The summed E-state index contributed by atoms with van der Waals surface area (Å²) < 4.78 is 64.1. The Hall–Kier alpha value is -1.24. The Kier molecular flexibility index (Phi) is 3.47. The molecule has 0 bridgehead atoms. The van der Waals surface area contributed by atoms with Gasteiger partial charge in [0, 0.05) is 0 Å². The minimum atomic E-state index is -5.62. The zero-order valence-electron chi connectivity index (χ0n) is 12.2. The van der Waals surface area contributed by atoms with Gasteiger partial charge in [-0.1, -0.05) is 19.9 Å². The summed E-state index contributed by atoms with van der Waals surface area (Å²) in [6.07, 6.45) is 1.93. The van der Waals surface area contributed by atoms with E-state index in [0.29, 0.717) is 11.8 Å². The van der Waals surface area contributed by atoms with Crippen LogP contribution < -0.4 is 4.18 Å². The highest BCUT2D eigenvalue weighted by atomic mass is 32.2. The Labute approximate surface area is 127 Å². The lowest BCUT2D eigenvalue weighted by Gasteiger charge is -2.12. The largest absolute Gasteiger partial charge is 0.534 e. The molecule has 1 aromatic rings. The van der Waals surface area contributed by atoms with Crippen LogP contribution in [0.25, 0.3) is 0 Å². The number of hydrogen-bond donors (Lipinski definition) is 0. The van der Waals surface area contributed by atoms with Crippen LogP contribution in [0, 0.1) is 11.8 Å². The molecule has 0 aromatic heterocycles. The van der Waals surface area contributed by atoms with Crippen LogP contribution in [-0.4, -0.2) is 13.9 Å². The van der Waals surface area contributed by atoms with E-state index in [4.69, 9.17) is 0 Å². The van der Waals surface area contributed by atoms with Crippen LogP contribution in [-0.2, 0) is 10.1 Å². The maximum atomic E-state index is 12.5. The fourth-order valence-electron chi connectivity index (χ4n) is 2.87. The molecule has 1 aromatic carbocycles. The van der Waals surface area contributed by atoms with Crippen molar-refractivity contribution in [2.45, 2.75) is 44.0 Å². The van der Waals surface area contributed by atoms with Gasteiger partial charge in [0.2, 0.25) is 0 Å². The van der Waals surface area contributed by atoms with Gasteiger partial charge in [-0.25, -0.2) is 0 Å². The molecule has 4 atom stereocenters. The van der Waals surface area contributed by atoms with E-state index in [9.17, 15) is 21.6 Å². The van der Waals surface area contributed by atoms with Gasteiger partial charge in [-0.05, 0) is 59.8 Å². The van der Waals surface area contributed by atoms with Crippen LogP contribution in [0.1, 0.15) is 49.7 Å². The molecule has 0 aliphatic heterocycles. The molecule has 22 heavy (non-hydrogen) atoms. The van der Waals surface area contributed by atoms with Gasteiger partial charge in [0.1, 0.15) is 5.75 Å². The maximum Gasteiger partial charge on any atom is 0.534 e. The molecule has 3 rings (SSSR count). The third kappa shape index (κ3) is 2.95. The lowest BCUT2D eigenvalue weighted by Crippen LogP contribution is -2.28. The standard InChI is InChI=1S/C15H17F3O3S/c1-8-3-13(8)10-5-11(14-4-9(14)2)7-12(6-10)21-22(19,20)15(16,17)18/h5-9,13-14H,3-4H2,1-2H3. The van der Waals surface area contributed by atoms with E-state index >= 15 is 0 Å². The van der Waals surface area contributed by atoms with Crippen molar-refractivity contribution in [3.05, 3.63) is 29.3 Å². The van der Waals surface area contributed by atoms with E-state index < -0.39 is 15.6 Å². The van der Waals surface area contributed by atoms with Crippen LogP contribution in [0.2, 0.25) is 0 Å². The molecule has 4 unspecified atom stereocenters. The van der Waals surface area contributed by atoms with Crippen LogP contribution >= 0.6 is 0 Å². The highest BCUT2D eigenvalue weighted by Crippen LogP contribution is 2.52. The SMILES string of the molecule is CC1CC1c1cc(OS(=O)(=O)C(F)(F)F)cc(C2CC2C)c1. The second kappa shape index (κ2) is 4.88. The third-order valence-corrected chi connectivity index (χ3v) is 5.49. The second-order valence-corrected chi connectivity index (χ2v) is 8.00. The summed E-state index contributed by atoms with van der Waals surface area (Å²) in [6.45, 7) is 4.12. The predicted molar refractivity (Wildman–Crippen MR) is 75.1 cm³/mol. The van der Waals surface area contributed by atoms with Crippen molar-refractivity contribution in [2.24, 2.45) is 11.8 Å². The minimum absolute atomic E-state index is 0.233. The Morgan fingerprint density at radius 1 is 1.00 bits per heavy atom. The predicted octanol–water partition coefficient (Wildman–Crippen LogP) is 4.16. The molecular formula is C15H17F3O3S. The summed E-state index contributed by atoms with van der Waals surface area (Å²) in [6, 6.07) is 4.83. The minimum Gasteiger partial charge on any atom is -0.376 e. The van der Waals surface area contributed by atoms with Crippen LogP contribution in [0.15, 0.2) is 18.2 Å². The molecule has 2 aliphatic rings. The Bertz CT molecular complexity index is 662. The first kappa shape index (κ1) is 15.6. The monoisotopic (exact) mass is 334 g/mol. The summed E-state index contributed by atoms with van der Waals surface area (Å²) in [5.41, 5.74) is -3.67. The molecule has 0 radical (unpaired) electrons. The number of alkyl halides is 3. The van der Waals surface area contributed by atoms with Crippen LogP contribution in [0.5, 0.6) is 5.75 Å². The Morgan fingerprint density at radius 3 is 1.73 bits per heavy atom. The average molecular weight is 334 g/mol. The smallest absolute Gasteiger partial charge is 0.376 e. The summed E-state index contributed by atoms with van der Waals surface area (Å²) in [4.78, 5) is 0. The molecule has 3 nitrogen and oxygen atoms in total. The van der Waals surface area contributed by atoms with Crippen molar-refractivity contribution >= 4 is 10.1 Å². The van der Waals surface area contributed by atoms with Crippen molar-refractivity contribution in [3.8, 4) is 5.75 Å². The normalized spacial score (nSPS) is 31.0. The first-order valence-electron chi connectivity index (χ1n) is 7.24. The van der Waals surface area contributed by atoms with Gasteiger partial charge in [-0.3, -0.25) is 0 Å². The topological polar surface area (TPSA) is 43.4 Å². The first-order valence-corrected chi connectivity index (χ1v) is 8.65. The van der Waals surface area contributed by atoms with Gasteiger partial charge in [-0.2, -0.15) is 21.6 Å². The van der Waals surface area contributed by atoms with Crippen molar-refractivity contribution in [1.82, 2.24) is 0 Å². The summed E-state index contributed by atoms with van der Waals surface area (Å²) in [5, 5.41) is 0. The molecule has 122 valence electrons. The van der Waals surface area contributed by atoms with Gasteiger partial charge in [0.05, 0.1) is 0 Å². The highest BCUT2D eigenvalue weighted by Gasteiger charge is 2.49. The van der Waals surface area contributed by atoms with Gasteiger partial charge in [0.15, 0.2) is 0 Å². The number of halogens is 3. The molecule has 2 aliphatic carbocycles. The fourth-order valence-corrected chi connectivity index (χ4v) is 3.31. The quantitative estimate of drug-likeness (QED) is 0.613. The van der Waals surface area contributed by atoms with Crippen molar-refractivity contribution in [3.63, 3.8) is 0 Å².